The number of rotatable bonds is 3. The first-order valence-corrected chi connectivity index (χ1v) is 5.96. The fraction of sp³-hybridized carbons (Fsp3) is 0.583. The molecule has 1 fully saturated rings. The van der Waals surface area contributed by atoms with E-state index in [2.05, 4.69) is 17.2 Å². The van der Waals surface area contributed by atoms with Crippen LogP contribution >= 0.6 is 0 Å². The van der Waals surface area contributed by atoms with E-state index < -0.39 is 0 Å². The average Bonchev–Trinajstić information content (AvgIpc) is 2.64. The van der Waals surface area contributed by atoms with Crippen molar-refractivity contribution in [2.45, 2.75) is 39.2 Å². The smallest absolute Gasteiger partial charge is 0.311 e. The van der Waals surface area contributed by atoms with Crippen LogP contribution in [-0.4, -0.2) is 15.9 Å². The maximum absolute atomic E-state index is 10.9. The molecule has 0 aliphatic heterocycles. The van der Waals surface area contributed by atoms with E-state index in [0.29, 0.717) is 17.8 Å². The van der Waals surface area contributed by atoms with Gasteiger partial charge in [-0.3, -0.25) is 10.1 Å². The summed E-state index contributed by atoms with van der Waals surface area (Å²) in [6.45, 7) is 4.01. The summed E-state index contributed by atoms with van der Waals surface area (Å²) in [6, 6.07) is 3.49. The Morgan fingerprint density at radius 3 is 2.82 bits per heavy atom. The molecule has 1 heterocycles. The largest absolute Gasteiger partial charge is 0.361 e. The molecular weight excluding hydrogens is 218 g/mol. The van der Waals surface area contributed by atoms with Crippen molar-refractivity contribution in [1.29, 1.82) is 0 Å². The van der Waals surface area contributed by atoms with Gasteiger partial charge in [0.2, 0.25) is 5.82 Å². The van der Waals surface area contributed by atoms with Crippen molar-refractivity contribution < 1.29 is 4.92 Å². The lowest BCUT2D eigenvalue weighted by atomic mass is 10.1. The molecule has 0 radical (unpaired) electrons. The van der Waals surface area contributed by atoms with Crippen molar-refractivity contribution in [3.05, 3.63) is 27.9 Å². The molecule has 5 heteroatoms. The minimum absolute atomic E-state index is 0.0645. The Morgan fingerprint density at radius 1 is 1.47 bits per heavy atom. The molecule has 1 saturated carbocycles. The number of nitrogens with zero attached hydrogens (tertiary/aromatic N) is 2. The molecular formula is C12H17N3O2. The predicted octanol–water partition coefficient (Wildman–Crippen LogP) is 2.90. The third kappa shape index (κ3) is 2.54. The molecule has 2 rings (SSSR count). The summed E-state index contributed by atoms with van der Waals surface area (Å²) in [6.07, 6.45) is 3.42. The van der Waals surface area contributed by atoms with Gasteiger partial charge in [0, 0.05) is 17.8 Å². The first kappa shape index (κ1) is 11.8. The van der Waals surface area contributed by atoms with Crippen LogP contribution < -0.4 is 5.32 Å². The van der Waals surface area contributed by atoms with Gasteiger partial charge < -0.3 is 5.32 Å². The highest BCUT2D eigenvalue weighted by Crippen LogP contribution is 2.30. The first-order valence-electron chi connectivity index (χ1n) is 5.96. The second-order valence-corrected chi connectivity index (χ2v) is 4.74. The lowest BCUT2D eigenvalue weighted by Gasteiger charge is -2.17. The molecule has 1 aromatic rings. The van der Waals surface area contributed by atoms with E-state index in [1.165, 1.54) is 18.9 Å². The maximum atomic E-state index is 10.9. The number of aryl methyl sites for hydroxylation is 1. The lowest BCUT2D eigenvalue weighted by Crippen LogP contribution is -2.23. The molecule has 1 aromatic heterocycles. The van der Waals surface area contributed by atoms with Crippen LogP contribution in [0.25, 0.3) is 0 Å². The van der Waals surface area contributed by atoms with Gasteiger partial charge in [0.1, 0.15) is 0 Å². The van der Waals surface area contributed by atoms with E-state index >= 15 is 0 Å². The second kappa shape index (κ2) is 4.69. The van der Waals surface area contributed by atoms with E-state index in [0.717, 1.165) is 12.1 Å². The van der Waals surface area contributed by atoms with Crippen LogP contribution in [0.2, 0.25) is 0 Å². The average molecular weight is 235 g/mol. The van der Waals surface area contributed by atoms with Gasteiger partial charge in [0.15, 0.2) is 0 Å². The van der Waals surface area contributed by atoms with Gasteiger partial charge in [-0.25, -0.2) is 4.98 Å². The number of aromatic nitrogens is 1. The Labute approximate surface area is 100 Å². The fourth-order valence-corrected chi connectivity index (χ4v) is 2.34. The zero-order valence-corrected chi connectivity index (χ0v) is 10.1. The Bertz CT molecular complexity index is 434. The molecule has 2 atom stereocenters. The SMILES string of the molecule is Cc1ccc([N+](=O)[O-])c(NC2CCCC2C)n1. The standard InChI is InChI=1S/C12H17N3O2/c1-8-4-3-5-10(8)14-12-11(15(16)17)7-6-9(2)13-12/h6-8,10H,3-5H2,1-2H3,(H,13,14). The normalized spacial score (nSPS) is 23.6. The van der Waals surface area contributed by atoms with Crippen LogP contribution in [0.4, 0.5) is 11.5 Å². The van der Waals surface area contributed by atoms with Gasteiger partial charge in [-0.05, 0) is 31.7 Å². The van der Waals surface area contributed by atoms with Gasteiger partial charge in [-0.2, -0.15) is 0 Å². The van der Waals surface area contributed by atoms with Gasteiger partial charge in [0.05, 0.1) is 4.92 Å². The molecule has 0 bridgehead atoms. The molecule has 1 N–H and O–H groups in total. The van der Waals surface area contributed by atoms with Crippen molar-refractivity contribution in [1.82, 2.24) is 4.98 Å². The van der Waals surface area contributed by atoms with Crippen molar-refractivity contribution >= 4 is 11.5 Å². The molecule has 2 unspecified atom stereocenters. The van der Waals surface area contributed by atoms with E-state index in [-0.39, 0.29) is 10.6 Å². The van der Waals surface area contributed by atoms with Gasteiger partial charge in [-0.15, -0.1) is 0 Å². The zero-order chi connectivity index (χ0) is 12.4. The van der Waals surface area contributed by atoms with Crippen LogP contribution in [-0.2, 0) is 0 Å². The molecule has 92 valence electrons. The zero-order valence-electron chi connectivity index (χ0n) is 10.1. The number of hydrogen-bond donors (Lipinski definition) is 1. The quantitative estimate of drug-likeness (QED) is 0.646. The molecule has 1 aliphatic carbocycles. The topological polar surface area (TPSA) is 68.1 Å². The highest BCUT2D eigenvalue weighted by Gasteiger charge is 2.26. The Balaban J connectivity index is 2.24. The lowest BCUT2D eigenvalue weighted by molar-refractivity contribution is -0.384. The van der Waals surface area contributed by atoms with Crippen LogP contribution in [0.15, 0.2) is 12.1 Å². The summed E-state index contributed by atoms with van der Waals surface area (Å²) in [5.74, 6) is 0.964. The van der Waals surface area contributed by atoms with Crippen molar-refractivity contribution in [2.75, 3.05) is 5.32 Å². The first-order chi connectivity index (χ1) is 8.08. The van der Waals surface area contributed by atoms with Crippen LogP contribution in [0, 0.1) is 23.0 Å². The molecule has 0 amide bonds. The van der Waals surface area contributed by atoms with Gasteiger partial charge in [-0.1, -0.05) is 13.3 Å². The summed E-state index contributed by atoms with van der Waals surface area (Å²) in [5, 5.41) is 14.1. The molecule has 5 nitrogen and oxygen atoms in total. The Morgan fingerprint density at radius 2 is 2.24 bits per heavy atom. The van der Waals surface area contributed by atoms with Crippen molar-refractivity contribution in [3.8, 4) is 0 Å². The molecule has 0 saturated heterocycles. The van der Waals surface area contributed by atoms with E-state index in [1.54, 1.807) is 6.07 Å². The second-order valence-electron chi connectivity index (χ2n) is 4.74. The number of hydrogen-bond acceptors (Lipinski definition) is 4. The van der Waals surface area contributed by atoms with Gasteiger partial charge in [0.25, 0.3) is 0 Å². The predicted molar refractivity (Wildman–Crippen MR) is 66.1 cm³/mol. The van der Waals surface area contributed by atoms with Gasteiger partial charge >= 0.3 is 5.69 Å². The summed E-state index contributed by atoms with van der Waals surface area (Å²) in [7, 11) is 0. The number of nitrogens with one attached hydrogen (secondary N) is 1. The highest BCUT2D eigenvalue weighted by molar-refractivity contribution is 5.56. The summed E-state index contributed by atoms with van der Waals surface area (Å²) in [5.41, 5.74) is 0.860. The van der Waals surface area contributed by atoms with E-state index in [9.17, 15) is 10.1 Å². The van der Waals surface area contributed by atoms with Crippen LogP contribution in [0.1, 0.15) is 31.9 Å². The summed E-state index contributed by atoms with van der Waals surface area (Å²) < 4.78 is 0. The van der Waals surface area contributed by atoms with Crippen molar-refractivity contribution in [2.24, 2.45) is 5.92 Å². The molecule has 17 heavy (non-hydrogen) atoms. The number of pyridine rings is 1. The van der Waals surface area contributed by atoms with Crippen molar-refractivity contribution in [3.63, 3.8) is 0 Å². The van der Waals surface area contributed by atoms with Crippen LogP contribution in [0.3, 0.4) is 0 Å². The maximum Gasteiger partial charge on any atom is 0.311 e. The van der Waals surface area contributed by atoms with E-state index in [1.807, 2.05) is 6.92 Å². The third-order valence-electron chi connectivity index (χ3n) is 3.39. The number of anilines is 1. The highest BCUT2D eigenvalue weighted by atomic mass is 16.6. The van der Waals surface area contributed by atoms with E-state index in [4.69, 9.17) is 0 Å². The monoisotopic (exact) mass is 235 g/mol. The summed E-state index contributed by atoms with van der Waals surface area (Å²) in [4.78, 5) is 14.8. The Hall–Kier alpha value is -1.65. The molecule has 1 aliphatic rings. The van der Waals surface area contributed by atoms with Crippen LogP contribution in [0.5, 0.6) is 0 Å². The number of nitro groups is 1. The minimum Gasteiger partial charge on any atom is -0.361 e. The molecule has 0 spiro atoms. The third-order valence-corrected chi connectivity index (χ3v) is 3.39. The molecule has 0 aromatic carbocycles. The minimum atomic E-state index is -0.381. The summed E-state index contributed by atoms with van der Waals surface area (Å²) >= 11 is 0. The Kier molecular flexibility index (Phi) is 3.26. The fourth-order valence-electron chi connectivity index (χ4n) is 2.34.